The number of nitrogens with zero attached hydrogens (tertiary/aromatic N) is 1. The maximum absolute atomic E-state index is 11.5. The number of carbonyl (C=O) groups excluding carboxylic acids is 1. The number of ketones is 1. The van der Waals surface area contributed by atoms with E-state index < -0.39 is 0 Å². The topological polar surface area (TPSA) is 20.3 Å². The average Bonchev–Trinajstić information content (AvgIpc) is 2.58. The van der Waals surface area contributed by atoms with Gasteiger partial charge in [0.2, 0.25) is 0 Å². The van der Waals surface area contributed by atoms with E-state index in [9.17, 15) is 4.79 Å². The molecule has 2 nitrogen and oxygen atoms in total. The SMILES string of the molecule is CC(=O)CC1CCCCCN1Cc1ccc(C)cc1Cl. The Morgan fingerprint density at radius 1 is 1.35 bits per heavy atom. The quantitative estimate of drug-likeness (QED) is 0.821. The number of aryl methyl sites for hydroxylation is 1. The Morgan fingerprint density at radius 2 is 2.15 bits per heavy atom. The lowest BCUT2D eigenvalue weighted by atomic mass is 10.0. The van der Waals surface area contributed by atoms with Crippen molar-refractivity contribution in [3.8, 4) is 0 Å². The van der Waals surface area contributed by atoms with Crippen molar-refractivity contribution in [1.29, 1.82) is 0 Å². The van der Waals surface area contributed by atoms with Crippen LogP contribution in [0.2, 0.25) is 5.02 Å². The Labute approximate surface area is 127 Å². The van der Waals surface area contributed by atoms with Crippen LogP contribution >= 0.6 is 11.6 Å². The molecule has 0 amide bonds. The minimum Gasteiger partial charge on any atom is -0.300 e. The second-order valence-electron chi connectivity index (χ2n) is 5.97. The fourth-order valence-electron chi connectivity index (χ4n) is 3.01. The number of likely N-dealkylation sites (tertiary alicyclic amines) is 1. The number of carbonyl (C=O) groups is 1. The zero-order valence-electron chi connectivity index (χ0n) is 12.5. The highest BCUT2D eigenvalue weighted by Crippen LogP contribution is 2.25. The van der Waals surface area contributed by atoms with Gasteiger partial charge in [-0.3, -0.25) is 9.69 Å². The maximum Gasteiger partial charge on any atom is 0.131 e. The van der Waals surface area contributed by atoms with E-state index >= 15 is 0 Å². The molecule has 0 N–H and O–H groups in total. The van der Waals surface area contributed by atoms with Crippen LogP contribution in [0, 0.1) is 6.92 Å². The van der Waals surface area contributed by atoms with Crippen LogP contribution in [-0.4, -0.2) is 23.3 Å². The predicted molar refractivity (Wildman–Crippen MR) is 84.2 cm³/mol. The largest absolute Gasteiger partial charge is 0.300 e. The minimum atomic E-state index is 0.289. The molecule has 0 radical (unpaired) electrons. The summed E-state index contributed by atoms with van der Waals surface area (Å²) in [6.07, 6.45) is 5.52. The smallest absolute Gasteiger partial charge is 0.131 e. The van der Waals surface area contributed by atoms with E-state index in [4.69, 9.17) is 11.6 Å². The molecular formula is C17H24ClNO. The van der Waals surface area contributed by atoms with Crippen molar-refractivity contribution in [3.63, 3.8) is 0 Å². The van der Waals surface area contributed by atoms with E-state index in [2.05, 4.69) is 24.0 Å². The van der Waals surface area contributed by atoms with Crippen LogP contribution in [0.3, 0.4) is 0 Å². The lowest BCUT2D eigenvalue weighted by molar-refractivity contribution is -0.118. The third-order valence-electron chi connectivity index (χ3n) is 4.10. The molecule has 0 saturated carbocycles. The van der Waals surface area contributed by atoms with Gasteiger partial charge in [0.05, 0.1) is 0 Å². The highest BCUT2D eigenvalue weighted by molar-refractivity contribution is 6.31. The van der Waals surface area contributed by atoms with Gasteiger partial charge in [-0.05, 0) is 50.4 Å². The Morgan fingerprint density at radius 3 is 2.85 bits per heavy atom. The molecule has 1 aromatic rings. The molecule has 20 heavy (non-hydrogen) atoms. The molecule has 1 aliphatic rings. The molecule has 0 bridgehead atoms. The van der Waals surface area contributed by atoms with E-state index in [-0.39, 0.29) is 5.78 Å². The van der Waals surface area contributed by atoms with Gasteiger partial charge in [-0.2, -0.15) is 0 Å². The van der Waals surface area contributed by atoms with Crippen LogP contribution in [0.4, 0.5) is 0 Å². The molecular weight excluding hydrogens is 270 g/mol. The summed E-state index contributed by atoms with van der Waals surface area (Å²) < 4.78 is 0. The molecule has 1 atom stereocenters. The summed E-state index contributed by atoms with van der Waals surface area (Å²) in [4.78, 5) is 13.9. The molecule has 110 valence electrons. The monoisotopic (exact) mass is 293 g/mol. The Hall–Kier alpha value is -0.860. The van der Waals surface area contributed by atoms with E-state index in [1.54, 1.807) is 6.92 Å². The van der Waals surface area contributed by atoms with Crippen molar-refractivity contribution >= 4 is 17.4 Å². The van der Waals surface area contributed by atoms with Crippen molar-refractivity contribution < 1.29 is 4.79 Å². The Kier molecular flexibility index (Phi) is 5.62. The first kappa shape index (κ1) is 15.5. The lowest BCUT2D eigenvalue weighted by Gasteiger charge is -2.29. The first-order chi connectivity index (χ1) is 9.56. The summed E-state index contributed by atoms with van der Waals surface area (Å²) in [5.41, 5.74) is 2.36. The summed E-state index contributed by atoms with van der Waals surface area (Å²) in [7, 11) is 0. The van der Waals surface area contributed by atoms with Crippen molar-refractivity contribution in [1.82, 2.24) is 4.90 Å². The van der Waals surface area contributed by atoms with E-state index in [1.165, 1.54) is 30.4 Å². The van der Waals surface area contributed by atoms with E-state index in [0.29, 0.717) is 12.5 Å². The zero-order chi connectivity index (χ0) is 14.5. The number of benzene rings is 1. The molecule has 0 aliphatic carbocycles. The first-order valence-electron chi connectivity index (χ1n) is 7.55. The lowest BCUT2D eigenvalue weighted by Crippen LogP contribution is -2.35. The third kappa shape index (κ3) is 4.32. The normalized spacial score (nSPS) is 20.6. The standard InChI is InChI=1S/C17H24ClNO/c1-13-7-8-15(17(18)10-13)12-19-9-5-3-4-6-16(19)11-14(2)20/h7-8,10,16H,3-6,9,11-12H2,1-2H3. The van der Waals surface area contributed by atoms with Gasteiger partial charge in [0.15, 0.2) is 0 Å². The van der Waals surface area contributed by atoms with Crippen LogP contribution in [-0.2, 0) is 11.3 Å². The van der Waals surface area contributed by atoms with Gasteiger partial charge < -0.3 is 0 Å². The first-order valence-corrected chi connectivity index (χ1v) is 7.92. The van der Waals surface area contributed by atoms with E-state index in [0.717, 1.165) is 24.5 Å². The van der Waals surface area contributed by atoms with Crippen molar-refractivity contribution in [2.24, 2.45) is 0 Å². The van der Waals surface area contributed by atoms with Gasteiger partial charge in [0.1, 0.15) is 5.78 Å². The molecule has 1 aliphatic heterocycles. The van der Waals surface area contributed by atoms with Crippen LogP contribution in [0.5, 0.6) is 0 Å². The summed E-state index contributed by atoms with van der Waals surface area (Å²) in [5.74, 6) is 0.289. The highest BCUT2D eigenvalue weighted by Gasteiger charge is 2.22. The molecule has 1 heterocycles. The molecule has 1 fully saturated rings. The van der Waals surface area contributed by atoms with Crippen LogP contribution in [0.15, 0.2) is 18.2 Å². The number of hydrogen-bond donors (Lipinski definition) is 0. The number of Topliss-reactive ketones (excluding diaryl/α,β-unsaturated/α-hetero) is 1. The Bertz CT molecular complexity index is 472. The molecule has 1 unspecified atom stereocenters. The van der Waals surface area contributed by atoms with Gasteiger partial charge in [-0.15, -0.1) is 0 Å². The van der Waals surface area contributed by atoms with Gasteiger partial charge in [0, 0.05) is 24.0 Å². The average molecular weight is 294 g/mol. The summed E-state index contributed by atoms with van der Waals surface area (Å²) in [5, 5.41) is 0.843. The van der Waals surface area contributed by atoms with Crippen LogP contribution in [0.1, 0.15) is 50.2 Å². The number of hydrogen-bond acceptors (Lipinski definition) is 2. The molecule has 0 aromatic heterocycles. The Balaban J connectivity index is 2.12. The molecule has 0 spiro atoms. The molecule has 2 rings (SSSR count). The summed E-state index contributed by atoms with van der Waals surface area (Å²) in [6, 6.07) is 6.63. The van der Waals surface area contributed by atoms with Gasteiger partial charge in [-0.25, -0.2) is 0 Å². The van der Waals surface area contributed by atoms with Crippen molar-refractivity contribution in [2.75, 3.05) is 6.54 Å². The van der Waals surface area contributed by atoms with Crippen molar-refractivity contribution in [2.45, 2.75) is 58.5 Å². The summed E-state index contributed by atoms with van der Waals surface area (Å²) >= 11 is 6.35. The van der Waals surface area contributed by atoms with E-state index in [1.807, 2.05) is 6.07 Å². The summed E-state index contributed by atoms with van der Waals surface area (Å²) in [6.45, 7) is 5.68. The van der Waals surface area contributed by atoms with Crippen LogP contribution < -0.4 is 0 Å². The fourth-order valence-corrected chi connectivity index (χ4v) is 3.30. The number of halogens is 1. The number of rotatable bonds is 4. The maximum atomic E-state index is 11.5. The van der Waals surface area contributed by atoms with Crippen LogP contribution in [0.25, 0.3) is 0 Å². The van der Waals surface area contributed by atoms with Gasteiger partial charge >= 0.3 is 0 Å². The third-order valence-corrected chi connectivity index (χ3v) is 4.46. The van der Waals surface area contributed by atoms with Gasteiger partial charge in [0.25, 0.3) is 0 Å². The molecule has 1 saturated heterocycles. The minimum absolute atomic E-state index is 0.289. The molecule has 3 heteroatoms. The highest BCUT2D eigenvalue weighted by atomic mass is 35.5. The second kappa shape index (κ2) is 7.24. The molecule has 1 aromatic carbocycles. The second-order valence-corrected chi connectivity index (χ2v) is 6.38. The zero-order valence-corrected chi connectivity index (χ0v) is 13.2. The van der Waals surface area contributed by atoms with Crippen molar-refractivity contribution in [3.05, 3.63) is 34.3 Å². The fraction of sp³-hybridized carbons (Fsp3) is 0.588. The predicted octanol–water partition coefficient (Wildman–Crippen LogP) is 4.37. The van der Waals surface area contributed by atoms with Gasteiger partial charge in [-0.1, -0.05) is 36.6 Å².